The second-order valence-corrected chi connectivity index (χ2v) is 23.4. The van der Waals surface area contributed by atoms with Crippen LogP contribution in [-0.2, 0) is 23.8 Å². The van der Waals surface area contributed by atoms with Gasteiger partial charge in [0.25, 0.3) is 11.8 Å². The summed E-state index contributed by atoms with van der Waals surface area (Å²) in [5.41, 5.74) is -0.288. The van der Waals surface area contributed by atoms with Gasteiger partial charge in [-0.2, -0.15) is 9.97 Å². The van der Waals surface area contributed by atoms with Gasteiger partial charge in [-0.25, -0.2) is 18.4 Å². The van der Waals surface area contributed by atoms with Crippen molar-refractivity contribution in [2.75, 3.05) is 70.1 Å². The standard InChI is InChI=1S/C61H68F2N10O11/c1-6-40-44(62)18-15-35-27-39(83-34-80-5)28-42(48(35)40)51-50(63)52-43(29-66-51)53(70-30-36-16-17-37(31-70)72(36)59(79)84-60(2,3)4)69-57(68-52)82-33-61-22-12-26-71(61)38(21-23-61)32-81-58(78)65-25-10-8-7-9-24-64-45-14-11-13-41-49(45)56(77)73(55(41)76)46-19-20-47(74)67-54(46)75/h1,11,13-15,18,27-29,36-38,46,64H,7-10,12,16-17,19-26,30-34H2,2-5H3,(H,65,78)(H,67,74,75)/t36?,37?,38-,46?,61-/m1/s1. The second-order valence-electron chi connectivity index (χ2n) is 23.4. The van der Waals surface area contributed by atoms with Crippen LogP contribution in [0.1, 0.15) is 124 Å². The summed E-state index contributed by atoms with van der Waals surface area (Å²) in [4.78, 5) is 98.9. The minimum atomic E-state index is -1.04. The molecular weight excluding hydrogens is 1090 g/mol. The predicted molar refractivity (Wildman–Crippen MR) is 304 cm³/mol. The van der Waals surface area contributed by atoms with Crippen molar-refractivity contribution in [3.8, 4) is 35.4 Å². The molecule has 2 bridgehead atoms. The summed E-state index contributed by atoms with van der Waals surface area (Å²) in [5, 5.41) is 9.44. The third kappa shape index (κ3) is 11.3. The molecule has 6 aliphatic rings. The number of imide groups is 2. The SMILES string of the molecule is C#Cc1c(F)ccc2cc(OCOC)cc(-c3ncc4c(N5CC6CCC(C5)N6C(=O)OC(C)(C)C)nc(OC[C@]56CCCN5[C@@H](COC(=O)NCCCCCCNc5cccc7c5C(=O)N(C5CCC(=O)NC5=O)C7=O)CC6)nc4c3F)c12. The maximum Gasteiger partial charge on any atom is 0.410 e. The number of rotatable bonds is 19. The monoisotopic (exact) mass is 1150 g/mol. The number of pyridine rings is 1. The Morgan fingerprint density at radius 3 is 2.45 bits per heavy atom. The van der Waals surface area contributed by atoms with Gasteiger partial charge >= 0.3 is 18.2 Å². The molecule has 2 aromatic heterocycles. The number of carbonyl (C=O) groups excluding carboxylic acids is 6. The molecule has 442 valence electrons. The number of hydrogen-bond acceptors (Lipinski definition) is 17. The number of halogens is 2. The maximum absolute atomic E-state index is 17.7. The number of piperidine rings is 1. The van der Waals surface area contributed by atoms with Crippen LogP contribution in [0.15, 0.2) is 48.7 Å². The van der Waals surface area contributed by atoms with Crippen molar-refractivity contribution >= 4 is 69.0 Å². The number of amides is 6. The van der Waals surface area contributed by atoms with Crippen molar-refractivity contribution in [3.05, 3.63) is 77.0 Å². The number of benzene rings is 3. The molecule has 11 rings (SSSR count). The number of alkyl carbamates (subject to hydrolysis) is 1. The Balaban J connectivity index is 0.730. The van der Waals surface area contributed by atoms with Crippen LogP contribution in [0.5, 0.6) is 11.8 Å². The lowest BCUT2D eigenvalue weighted by Gasteiger charge is -2.42. The molecule has 84 heavy (non-hydrogen) atoms. The molecule has 5 atom stereocenters. The van der Waals surface area contributed by atoms with E-state index in [0.29, 0.717) is 60.6 Å². The zero-order chi connectivity index (χ0) is 59.0. The fraction of sp³-hybridized carbons (Fsp3) is 0.492. The van der Waals surface area contributed by atoms with Gasteiger partial charge in [-0.1, -0.05) is 30.9 Å². The van der Waals surface area contributed by atoms with Crippen LogP contribution in [-0.4, -0.2) is 161 Å². The highest BCUT2D eigenvalue weighted by Crippen LogP contribution is 2.45. The van der Waals surface area contributed by atoms with Gasteiger partial charge in [0.15, 0.2) is 12.6 Å². The average molecular weight is 1160 g/mol. The zero-order valence-electron chi connectivity index (χ0n) is 47.5. The molecule has 23 heteroatoms. The van der Waals surface area contributed by atoms with Crippen LogP contribution >= 0.6 is 0 Å². The van der Waals surface area contributed by atoms with Gasteiger partial charge in [-0.3, -0.25) is 44.2 Å². The largest absolute Gasteiger partial charge is 0.468 e. The molecule has 3 unspecified atom stereocenters. The average Bonchev–Trinajstić information content (AvgIpc) is 3.68. The molecule has 8 heterocycles. The third-order valence-corrected chi connectivity index (χ3v) is 16.9. The van der Waals surface area contributed by atoms with E-state index < -0.39 is 58.5 Å². The van der Waals surface area contributed by atoms with Crippen molar-refractivity contribution in [3.63, 3.8) is 0 Å². The van der Waals surface area contributed by atoms with Crippen LogP contribution in [0.2, 0.25) is 0 Å². The lowest BCUT2D eigenvalue weighted by atomic mass is 9.95. The van der Waals surface area contributed by atoms with Gasteiger partial charge in [0, 0.05) is 68.6 Å². The summed E-state index contributed by atoms with van der Waals surface area (Å²) in [7, 11) is 1.47. The minimum Gasteiger partial charge on any atom is -0.468 e. The Bertz CT molecular complexity index is 3490. The van der Waals surface area contributed by atoms with Crippen molar-refractivity contribution in [2.45, 2.75) is 133 Å². The molecule has 5 saturated heterocycles. The molecule has 3 aromatic carbocycles. The highest BCUT2D eigenvalue weighted by molar-refractivity contribution is 6.25. The summed E-state index contributed by atoms with van der Waals surface area (Å²) in [6, 6.07) is 9.40. The van der Waals surface area contributed by atoms with E-state index in [-0.39, 0.29) is 102 Å². The molecule has 0 radical (unpaired) electrons. The van der Waals surface area contributed by atoms with Gasteiger partial charge in [0.1, 0.15) is 53.5 Å². The first-order chi connectivity index (χ1) is 40.4. The summed E-state index contributed by atoms with van der Waals surface area (Å²) in [6.45, 7) is 8.22. The number of carbonyl (C=O) groups is 6. The third-order valence-electron chi connectivity index (χ3n) is 16.9. The van der Waals surface area contributed by atoms with Crippen LogP contribution < -0.4 is 30.3 Å². The summed E-state index contributed by atoms with van der Waals surface area (Å²) >= 11 is 0. The number of fused-ring (bicyclic) bond motifs is 6. The van der Waals surface area contributed by atoms with E-state index in [2.05, 4.69) is 31.8 Å². The molecule has 0 aliphatic carbocycles. The number of terminal acetylenes is 1. The Morgan fingerprint density at radius 1 is 0.917 bits per heavy atom. The molecule has 6 amide bonds. The second kappa shape index (κ2) is 23.8. The van der Waals surface area contributed by atoms with Crippen LogP contribution in [0.3, 0.4) is 0 Å². The minimum absolute atomic E-state index is 0.0421. The van der Waals surface area contributed by atoms with E-state index in [1.807, 2.05) is 30.6 Å². The van der Waals surface area contributed by atoms with Crippen LogP contribution in [0, 0.1) is 24.0 Å². The lowest BCUT2D eigenvalue weighted by Crippen LogP contribution is -2.57. The number of piperazine rings is 1. The van der Waals surface area contributed by atoms with E-state index in [0.717, 1.165) is 69.2 Å². The first-order valence-electron chi connectivity index (χ1n) is 28.8. The fourth-order valence-corrected chi connectivity index (χ4v) is 13.0. The number of methoxy groups -OCH3 is 1. The molecule has 21 nitrogen and oxygen atoms in total. The van der Waals surface area contributed by atoms with Gasteiger partial charge in [0.05, 0.1) is 39.7 Å². The number of nitrogens with one attached hydrogen (secondary N) is 3. The van der Waals surface area contributed by atoms with Crippen LogP contribution in [0.25, 0.3) is 32.9 Å². The van der Waals surface area contributed by atoms with E-state index in [4.69, 9.17) is 40.1 Å². The highest BCUT2D eigenvalue weighted by atomic mass is 19.1. The fourth-order valence-electron chi connectivity index (χ4n) is 13.0. The summed E-state index contributed by atoms with van der Waals surface area (Å²) in [6.07, 6.45) is 14.4. The normalized spacial score (nSPS) is 22.1. The van der Waals surface area contributed by atoms with Gasteiger partial charge in [-0.05, 0) is 121 Å². The first kappa shape index (κ1) is 57.6. The smallest absolute Gasteiger partial charge is 0.410 e. The van der Waals surface area contributed by atoms with Crippen LogP contribution in [0.4, 0.5) is 29.9 Å². The quantitative estimate of drug-likeness (QED) is 0.0309. The summed E-state index contributed by atoms with van der Waals surface area (Å²) < 4.78 is 62.3. The van der Waals surface area contributed by atoms with Gasteiger partial charge < -0.3 is 39.2 Å². The number of ether oxygens (including phenoxy) is 5. The molecular formula is C61H68F2N10O11. The maximum atomic E-state index is 17.7. The Kier molecular flexibility index (Phi) is 16.3. The van der Waals surface area contributed by atoms with Crippen molar-refractivity contribution < 1.29 is 61.2 Å². The molecule has 5 fully saturated rings. The number of aromatic nitrogens is 3. The number of hydrogen-bond donors (Lipinski definition) is 3. The first-order valence-corrected chi connectivity index (χ1v) is 28.8. The van der Waals surface area contributed by atoms with E-state index in [9.17, 15) is 28.8 Å². The molecule has 3 N–H and O–H groups in total. The van der Waals surface area contributed by atoms with E-state index in [1.54, 1.807) is 30.3 Å². The number of anilines is 2. The van der Waals surface area contributed by atoms with Crippen molar-refractivity contribution in [1.82, 2.24) is 40.3 Å². The van der Waals surface area contributed by atoms with Gasteiger partial charge in [-0.15, -0.1) is 6.42 Å². The molecule has 0 saturated carbocycles. The molecule has 0 spiro atoms. The topological polar surface area (TPSA) is 236 Å². The Labute approximate surface area is 484 Å². The van der Waals surface area contributed by atoms with E-state index >= 15 is 8.78 Å². The van der Waals surface area contributed by atoms with Gasteiger partial charge in [0.2, 0.25) is 11.8 Å². The van der Waals surface area contributed by atoms with Crippen molar-refractivity contribution in [1.29, 1.82) is 0 Å². The predicted octanol–water partition coefficient (Wildman–Crippen LogP) is 7.85. The number of unbranched alkanes of at least 4 members (excludes halogenated alkanes) is 3. The van der Waals surface area contributed by atoms with E-state index in [1.165, 1.54) is 25.4 Å². The highest BCUT2D eigenvalue weighted by Gasteiger charge is 2.51. The summed E-state index contributed by atoms with van der Waals surface area (Å²) in [5.74, 6) is -0.538. The Morgan fingerprint density at radius 2 is 1.70 bits per heavy atom. The molecule has 6 aliphatic heterocycles. The van der Waals surface area contributed by atoms with Crippen molar-refractivity contribution in [2.24, 2.45) is 0 Å². The Hall–Kier alpha value is -8.23. The zero-order valence-corrected chi connectivity index (χ0v) is 47.5. The number of nitrogens with zero attached hydrogens (tertiary/aromatic N) is 7. The lowest BCUT2D eigenvalue weighted by molar-refractivity contribution is -0.136. The molecule has 5 aromatic rings.